The Morgan fingerprint density at radius 3 is 2.81 bits per heavy atom. The number of anilines is 1. The molecular formula is C12H14ClN5O3. The van der Waals surface area contributed by atoms with E-state index in [1.54, 1.807) is 31.0 Å². The topological polar surface area (TPSA) is 106 Å². The highest BCUT2D eigenvalue weighted by atomic mass is 35.5. The van der Waals surface area contributed by atoms with Gasteiger partial charge < -0.3 is 10.4 Å². The zero-order valence-electron chi connectivity index (χ0n) is 11.5. The van der Waals surface area contributed by atoms with Crippen molar-refractivity contribution in [1.29, 1.82) is 0 Å². The summed E-state index contributed by atoms with van der Waals surface area (Å²) in [6, 6.07) is 0. The fourth-order valence-corrected chi connectivity index (χ4v) is 2.27. The predicted octanol–water partition coefficient (Wildman–Crippen LogP) is 1.79. The minimum atomic E-state index is -0.612. The van der Waals surface area contributed by atoms with Gasteiger partial charge in [-0.2, -0.15) is 5.10 Å². The van der Waals surface area contributed by atoms with Crippen LogP contribution in [0.4, 0.5) is 11.5 Å². The first kappa shape index (κ1) is 15.2. The number of pyridine rings is 1. The predicted molar refractivity (Wildman–Crippen MR) is 77.1 cm³/mol. The molecule has 0 saturated carbocycles. The smallest absolute Gasteiger partial charge is 0.330 e. The summed E-state index contributed by atoms with van der Waals surface area (Å²) in [5, 5.41) is 27.2. The molecule has 2 rings (SSSR count). The van der Waals surface area contributed by atoms with Crippen LogP contribution in [0.5, 0.6) is 0 Å². The molecule has 0 spiro atoms. The van der Waals surface area contributed by atoms with Crippen molar-refractivity contribution in [2.75, 3.05) is 5.32 Å². The number of nitro groups is 1. The Morgan fingerprint density at radius 2 is 2.29 bits per heavy atom. The third-order valence-electron chi connectivity index (χ3n) is 2.97. The van der Waals surface area contributed by atoms with E-state index in [1.165, 1.54) is 0 Å². The second kappa shape index (κ2) is 6.06. The number of rotatable bonds is 5. The zero-order chi connectivity index (χ0) is 15.6. The van der Waals surface area contributed by atoms with Crippen LogP contribution in [0.2, 0.25) is 5.02 Å². The van der Waals surface area contributed by atoms with E-state index in [4.69, 9.17) is 11.6 Å². The molecule has 2 N–H and O–H groups in total. The normalized spacial score (nSPS) is 10.7. The Balaban J connectivity index is 2.36. The highest BCUT2D eigenvalue weighted by Gasteiger charge is 2.25. The summed E-state index contributed by atoms with van der Waals surface area (Å²) < 4.78 is 1.63. The van der Waals surface area contributed by atoms with Crippen molar-refractivity contribution < 1.29 is 10.0 Å². The Bertz CT molecular complexity index is 686. The van der Waals surface area contributed by atoms with Crippen LogP contribution in [0.15, 0.2) is 12.4 Å². The van der Waals surface area contributed by atoms with Gasteiger partial charge in [0.25, 0.3) is 0 Å². The van der Waals surface area contributed by atoms with E-state index in [-0.39, 0.29) is 22.1 Å². The van der Waals surface area contributed by atoms with Crippen molar-refractivity contribution in [2.45, 2.75) is 20.1 Å². The SMILES string of the molecule is Cc1nc(NCc2cnn(C)c2)c([N+](=O)[O-])c(Cl)c1CO. The lowest BCUT2D eigenvalue weighted by Gasteiger charge is -2.11. The standard InChI is InChI=1S/C12H14ClN5O3/c1-7-9(6-19)10(13)11(18(20)21)12(16-7)14-3-8-4-15-17(2)5-8/h4-5,19H,3,6H2,1-2H3,(H,14,16). The van der Waals surface area contributed by atoms with Crippen LogP contribution in [-0.2, 0) is 20.2 Å². The maximum Gasteiger partial charge on any atom is 0.330 e. The number of hydrogen-bond acceptors (Lipinski definition) is 6. The van der Waals surface area contributed by atoms with Crippen LogP contribution in [0.1, 0.15) is 16.8 Å². The van der Waals surface area contributed by atoms with E-state index in [0.29, 0.717) is 12.2 Å². The van der Waals surface area contributed by atoms with E-state index in [2.05, 4.69) is 15.4 Å². The van der Waals surface area contributed by atoms with Crippen LogP contribution >= 0.6 is 11.6 Å². The Kier molecular flexibility index (Phi) is 4.39. The number of aromatic nitrogens is 3. The minimum absolute atomic E-state index is 0.0727. The molecule has 0 aliphatic heterocycles. The van der Waals surface area contributed by atoms with Crippen molar-refractivity contribution in [3.8, 4) is 0 Å². The molecule has 112 valence electrons. The molecular weight excluding hydrogens is 298 g/mol. The van der Waals surface area contributed by atoms with Gasteiger partial charge in [0.1, 0.15) is 5.02 Å². The molecule has 0 aliphatic carbocycles. The molecule has 0 fully saturated rings. The van der Waals surface area contributed by atoms with E-state index >= 15 is 0 Å². The summed E-state index contributed by atoms with van der Waals surface area (Å²) >= 11 is 6.00. The fraction of sp³-hybridized carbons (Fsp3) is 0.333. The molecule has 9 heteroatoms. The number of nitrogens with one attached hydrogen (secondary N) is 1. The Labute approximate surface area is 125 Å². The zero-order valence-corrected chi connectivity index (χ0v) is 12.3. The van der Waals surface area contributed by atoms with Gasteiger partial charge >= 0.3 is 5.69 Å². The van der Waals surface area contributed by atoms with Crippen molar-refractivity contribution >= 4 is 23.1 Å². The number of aliphatic hydroxyl groups is 1. The summed E-state index contributed by atoms with van der Waals surface area (Å²) in [5.74, 6) is 0.0727. The number of nitrogens with zero attached hydrogens (tertiary/aromatic N) is 4. The van der Waals surface area contributed by atoms with Gasteiger partial charge in [-0.25, -0.2) is 4.98 Å². The molecule has 0 atom stereocenters. The molecule has 0 saturated heterocycles. The molecule has 21 heavy (non-hydrogen) atoms. The van der Waals surface area contributed by atoms with Crippen molar-refractivity contribution in [3.63, 3.8) is 0 Å². The summed E-state index contributed by atoms with van der Waals surface area (Å²) in [5.41, 5.74) is 1.22. The Morgan fingerprint density at radius 1 is 1.57 bits per heavy atom. The largest absolute Gasteiger partial charge is 0.392 e. The summed E-state index contributed by atoms with van der Waals surface area (Å²) in [6.07, 6.45) is 3.44. The van der Waals surface area contributed by atoms with Crippen LogP contribution in [0, 0.1) is 17.0 Å². The number of aryl methyl sites for hydroxylation is 2. The molecule has 0 radical (unpaired) electrons. The lowest BCUT2D eigenvalue weighted by atomic mass is 10.2. The molecule has 0 bridgehead atoms. The van der Waals surface area contributed by atoms with Crippen LogP contribution in [-0.4, -0.2) is 24.8 Å². The molecule has 0 unspecified atom stereocenters. The van der Waals surface area contributed by atoms with Gasteiger partial charge in [0.15, 0.2) is 0 Å². The molecule has 2 aromatic heterocycles. The lowest BCUT2D eigenvalue weighted by Crippen LogP contribution is -2.08. The second-order valence-electron chi connectivity index (χ2n) is 4.48. The maximum absolute atomic E-state index is 11.2. The number of aliphatic hydroxyl groups excluding tert-OH is 1. The Hall–Kier alpha value is -2.19. The first-order chi connectivity index (χ1) is 9.93. The molecule has 2 aromatic rings. The summed E-state index contributed by atoms with van der Waals surface area (Å²) in [7, 11) is 1.78. The lowest BCUT2D eigenvalue weighted by molar-refractivity contribution is -0.384. The van der Waals surface area contributed by atoms with Crippen LogP contribution in [0.3, 0.4) is 0 Å². The average molecular weight is 312 g/mol. The van der Waals surface area contributed by atoms with Gasteiger partial charge in [0.05, 0.1) is 17.7 Å². The van der Waals surface area contributed by atoms with E-state index in [1.807, 2.05) is 0 Å². The van der Waals surface area contributed by atoms with Crippen LogP contribution < -0.4 is 5.32 Å². The third kappa shape index (κ3) is 3.11. The van der Waals surface area contributed by atoms with Crippen molar-refractivity contribution in [2.24, 2.45) is 7.05 Å². The summed E-state index contributed by atoms with van der Waals surface area (Å²) in [6.45, 7) is 1.56. The van der Waals surface area contributed by atoms with Crippen molar-refractivity contribution in [1.82, 2.24) is 14.8 Å². The highest BCUT2D eigenvalue weighted by molar-refractivity contribution is 6.34. The molecule has 2 heterocycles. The third-order valence-corrected chi connectivity index (χ3v) is 3.38. The van der Waals surface area contributed by atoms with Gasteiger partial charge in [0.2, 0.25) is 5.82 Å². The number of halogens is 1. The monoisotopic (exact) mass is 311 g/mol. The summed E-state index contributed by atoms with van der Waals surface area (Å²) in [4.78, 5) is 14.7. The quantitative estimate of drug-likeness (QED) is 0.644. The van der Waals surface area contributed by atoms with E-state index in [9.17, 15) is 15.2 Å². The fourth-order valence-electron chi connectivity index (χ4n) is 1.92. The molecule has 0 aromatic carbocycles. The van der Waals surface area contributed by atoms with Gasteiger partial charge in [-0.15, -0.1) is 0 Å². The van der Waals surface area contributed by atoms with Crippen LogP contribution in [0.25, 0.3) is 0 Å². The first-order valence-electron chi connectivity index (χ1n) is 6.09. The minimum Gasteiger partial charge on any atom is -0.392 e. The molecule has 0 amide bonds. The van der Waals surface area contributed by atoms with Gasteiger partial charge in [0, 0.05) is 36.6 Å². The maximum atomic E-state index is 11.2. The highest BCUT2D eigenvalue weighted by Crippen LogP contribution is 2.35. The first-order valence-corrected chi connectivity index (χ1v) is 6.47. The molecule has 8 nitrogen and oxygen atoms in total. The van der Waals surface area contributed by atoms with Gasteiger partial charge in [-0.1, -0.05) is 11.6 Å². The number of hydrogen-bond donors (Lipinski definition) is 2. The molecule has 0 aliphatic rings. The van der Waals surface area contributed by atoms with E-state index in [0.717, 1.165) is 5.56 Å². The second-order valence-corrected chi connectivity index (χ2v) is 4.86. The van der Waals surface area contributed by atoms with Crippen molar-refractivity contribution in [3.05, 3.63) is 44.4 Å². The van der Waals surface area contributed by atoms with E-state index < -0.39 is 11.5 Å². The van der Waals surface area contributed by atoms with Gasteiger partial charge in [-0.3, -0.25) is 14.8 Å². The van der Waals surface area contributed by atoms with Gasteiger partial charge in [-0.05, 0) is 6.92 Å². The average Bonchev–Trinajstić information content (AvgIpc) is 2.81.